The van der Waals surface area contributed by atoms with Gasteiger partial charge in [-0.1, -0.05) is 0 Å². The highest BCUT2D eigenvalue weighted by Gasteiger charge is 2.04. The first-order valence-corrected chi connectivity index (χ1v) is 4.33. The fourth-order valence-electron chi connectivity index (χ4n) is 1.10. The highest BCUT2D eigenvalue weighted by Crippen LogP contribution is 2.12. The zero-order chi connectivity index (χ0) is 10.4. The molecule has 1 unspecified atom stereocenters. The Morgan fingerprint density at radius 1 is 1.71 bits per heavy atom. The van der Waals surface area contributed by atoms with E-state index < -0.39 is 0 Å². The summed E-state index contributed by atoms with van der Waals surface area (Å²) in [5, 5.41) is 11.9. The highest BCUT2D eigenvalue weighted by molar-refractivity contribution is 5.53. The Kier molecular flexibility index (Phi) is 3.52. The molecule has 1 heterocycles. The van der Waals surface area contributed by atoms with Gasteiger partial charge in [0.25, 0.3) is 0 Å². The molecule has 1 rings (SSSR count). The summed E-state index contributed by atoms with van der Waals surface area (Å²) >= 11 is 0. The van der Waals surface area contributed by atoms with Crippen molar-refractivity contribution in [3.05, 3.63) is 24.0 Å². The molecule has 0 fully saturated rings. The van der Waals surface area contributed by atoms with Gasteiger partial charge in [-0.05, 0) is 19.1 Å². The molecule has 0 aliphatic heterocycles. The summed E-state index contributed by atoms with van der Waals surface area (Å²) in [6.07, 6.45) is 7.40. The van der Waals surface area contributed by atoms with Crippen molar-refractivity contribution < 1.29 is 0 Å². The summed E-state index contributed by atoms with van der Waals surface area (Å²) in [6.45, 7) is 1.97. The van der Waals surface area contributed by atoms with Gasteiger partial charge in [0, 0.05) is 18.7 Å². The lowest BCUT2D eigenvalue weighted by Gasteiger charge is -2.12. The number of pyridine rings is 1. The molecule has 14 heavy (non-hydrogen) atoms. The molecule has 3 heteroatoms. The lowest BCUT2D eigenvalue weighted by atomic mass is 10.2. The largest absolute Gasteiger partial charge is 0.379 e. The van der Waals surface area contributed by atoms with E-state index in [1.807, 2.05) is 19.1 Å². The quantitative estimate of drug-likeness (QED) is 0.730. The normalized spacial score (nSPS) is 11.1. The summed E-state index contributed by atoms with van der Waals surface area (Å²) in [5.41, 5.74) is 1.13. The molecule has 0 aromatic carbocycles. The van der Waals surface area contributed by atoms with Crippen molar-refractivity contribution in [1.82, 2.24) is 4.98 Å². The van der Waals surface area contributed by atoms with E-state index in [1.165, 1.54) is 0 Å². The van der Waals surface area contributed by atoms with Gasteiger partial charge in [0.2, 0.25) is 0 Å². The van der Waals surface area contributed by atoms with E-state index >= 15 is 0 Å². The second-order valence-electron chi connectivity index (χ2n) is 2.97. The Hall–Kier alpha value is -2.00. The Morgan fingerprint density at radius 3 is 3.14 bits per heavy atom. The van der Waals surface area contributed by atoms with Gasteiger partial charge in [-0.2, -0.15) is 5.26 Å². The van der Waals surface area contributed by atoms with Crippen molar-refractivity contribution in [1.29, 1.82) is 5.26 Å². The molecule has 1 aromatic heterocycles. The minimum Gasteiger partial charge on any atom is -0.379 e. The molecule has 0 saturated carbocycles. The summed E-state index contributed by atoms with van der Waals surface area (Å²) in [6, 6.07) is 5.77. The smallest absolute Gasteiger partial charge is 0.163 e. The molecule has 0 radical (unpaired) electrons. The number of nitrogens with one attached hydrogen (secondary N) is 1. The summed E-state index contributed by atoms with van der Waals surface area (Å²) in [7, 11) is 0. The minimum atomic E-state index is 0.149. The zero-order valence-electron chi connectivity index (χ0n) is 7.99. The SMILES string of the molecule is C#CCC(C)Nc1cccnc1C#N. The Labute approximate surface area is 83.8 Å². The van der Waals surface area contributed by atoms with E-state index in [9.17, 15) is 0 Å². The van der Waals surface area contributed by atoms with Crippen LogP contribution in [0.5, 0.6) is 0 Å². The lowest BCUT2D eigenvalue weighted by molar-refractivity contribution is 0.827. The number of rotatable bonds is 3. The van der Waals surface area contributed by atoms with Crippen LogP contribution in [0.15, 0.2) is 18.3 Å². The molecular weight excluding hydrogens is 174 g/mol. The maximum absolute atomic E-state index is 8.77. The fraction of sp³-hybridized carbons (Fsp3) is 0.273. The fourth-order valence-corrected chi connectivity index (χ4v) is 1.10. The minimum absolute atomic E-state index is 0.149. The van der Waals surface area contributed by atoms with Gasteiger partial charge >= 0.3 is 0 Å². The molecule has 1 N–H and O–H groups in total. The molecule has 0 amide bonds. The van der Waals surface area contributed by atoms with Crippen molar-refractivity contribution in [2.24, 2.45) is 0 Å². The Bertz CT molecular complexity index is 384. The summed E-state index contributed by atoms with van der Waals surface area (Å²) in [5.74, 6) is 2.56. The Morgan fingerprint density at radius 2 is 2.50 bits per heavy atom. The molecule has 0 aliphatic carbocycles. The van der Waals surface area contributed by atoms with Crippen LogP contribution >= 0.6 is 0 Å². The van der Waals surface area contributed by atoms with Crippen LogP contribution in [0, 0.1) is 23.7 Å². The third-order valence-corrected chi connectivity index (χ3v) is 1.74. The van der Waals surface area contributed by atoms with Crippen LogP contribution in [0.3, 0.4) is 0 Å². The third-order valence-electron chi connectivity index (χ3n) is 1.74. The monoisotopic (exact) mass is 185 g/mol. The van der Waals surface area contributed by atoms with Crippen molar-refractivity contribution in [2.45, 2.75) is 19.4 Å². The molecule has 1 atom stereocenters. The van der Waals surface area contributed by atoms with E-state index in [0.29, 0.717) is 12.1 Å². The number of nitrogens with zero attached hydrogens (tertiary/aromatic N) is 2. The van der Waals surface area contributed by atoms with Gasteiger partial charge in [-0.15, -0.1) is 12.3 Å². The van der Waals surface area contributed by atoms with E-state index in [1.54, 1.807) is 12.3 Å². The maximum atomic E-state index is 8.77. The average Bonchev–Trinajstić information content (AvgIpc) is 2.19. The highest BCUT2D eigenvalue weighted by atomic mass is 14.9. The molecule has 3 nitrogen and oxygen atoms in total. The van der Waals surface area contributed by atoms with Gasteiger partial charge in [0.05, 0.1) is 5.69 Å². The predicted molar refractivity (Wildman–Crippen MR) is 55.5 cm³/mol. The van der Waals surface area contributed by atoms with Crippen LogP contribution in [0.1, 0.15) is 19.0 Å². The number of hydrogen-bond donors (Lipinski definition) is 1. The van der Waals surface area contributed by atoms with Crippen molar-refractivity contribution in [3.63, 3.8) is 0 Å². The van der Waals surface area contributed by atoms with E-state index in [4.69, 9.17) is 11.7 Å². The maximum Gasteiger partial charge on any atom is 0.163 e. The van der Waals surface area contributed by atoms with E-state index in [2.05, 4.69) is 16.2 Å². The van der Waals surface area contributed by atoms with E-state index in [0.717, 1.165) is 5.69 Å². The first-order chi connectivity index (χ1) is 6.77. The third kappa shape index (κ3) is 2.50. The molecule has 0 bridgehead atoms. The predicted octanol–water partition coefficient (Wildman–Crippen LogP) is 1.78. The number of anilines is 1. The van der Waals surface area contributed by atoms with Crippen molar-refractivity contribution in [3.8, 4) is 18.4 Å². The van der Waals surface area contributed by atoms with Gasteiger partial charge in [0.1, 0.15) is 6.07 Å². The van der Waals surface area contributed by atoms with Crippen molar-refractivity contribution in [2.75, 3.05) is 5.32 Å². The topological polar surface area (TPSA) is 48.7 Å². The molecule has 70 valence electrons. The van der Waals surface area contributed by atoms with E-state index in [-0.39, 0.29) is 6.04 Å². The lowest BCUT2D eigenvalue weighted by Crippen LogP contribution is -2.15. The van der Waals surface area contributed by atoms with Crippen LogP contribution in [0.25, 0.3) is 0 Å². The molecule has 1 aromatic rings. The standard InChI is InChI=1S/C11H11N3/c1-3-5-9(2)14-10-6-4-7-13-11(10)8-12/h1,4,6-7,9,14H,5H2,2H3. The first-order valence-electron chi connectivity index (χ1n) is 4.33. The summed E-state index contributed by atoms with van der Waals surface area (Å²) in [4.78, 5) is 3.94. The second-order valence-corrected chi connectivity index (χ2v) is 2.97. The number of hydrogen-bond acceptors (Lipinski definition) is 3. The average molecular weight is 185 g/mol. The molecule has 0 spiro atoms. The number of terminal acetylenes is 1. The van der Waals surface area contributed by atoms with Gasteiger partial charge in [0.15, 0.2) is 5.69 Å². The molecular formula is C11H11N3. The second kappa shape index (κ2) is 4.89. The van der Waals surface area contributed by atoms with Gasteiger partial charge in [-0.25, -0.2) is 4.98 Å². The number of nitriles is 1. The first kappa shape index (κ1) is 10.1. The van der Waals surface area contributed by atoms with Crippen LogP contribution in [-0.4, -0.2) is 11.0 Å². The van der Waals surface area contributed by atoms with Gasteiger partial charge in [-0.3, -0.25) is 0 Å². The molecule has 0 aliphatic rings. The van der Waals surface area contributed by atoms with Crippen molar-refractivity contribution >= 4 is 5.69 Å². The molecule has 0 saturated heterocycles. The van der Waals surface area contributed by atoms with Crippen LogP contribution in [0.4, 0.5) is 5.69 Å². The van der Waals surface area contributed by atoms with Crippen LogP contribution in [-0.2, 0) is 0 Å². The zero-order valence-corrected chi connectivity index (χ0v) is 7.99. The Balaban J connectivity index is 2.77. The number of aromatic nitrogens is 1. The van der Waals surface area contributed by atoms with Crippen LogP contribution in [0.2, 0.25) is 0 Å². The summed E-state index contributed by atoms with van der Waals surface area (Å²) < 4.78 is 0. The van der Waals surface area contributed by atoms with Crippen LogP contribution < -0.4 is 5.32 Å². The van der Waals surface area contributed by atoms with Gasteiger partial charge < -0.3 is 5.32 Å².